The highest BCUT2D eigenvalue weighted by Crippen LogP contribution is 2.23. The number of nitrogens with zero attached hydrogens (tertiary/aromatic N) is 1. The van der Waals surface area contributed by atoms with E-state index in [4.69, 9.17) is 0 Å². The van der Waals surface area contributed by atoms with Crippen LogP contribution in [0.15, 0.2) is 96.0 Å². The summed E-state index contributed by atoms with van der Waals surface area (Å²) in [6.07, 6.45) is 1.94. The van der Waals surface area contributed by atoms with Crippen molar-refractivity contribution in [2.75, 3.05) is 11.3 Å². The molecule has 1 aromatic heterocycles. The highest BCUT2D eigenvalue weighted by Gasteiger charge is 2.20. The van der Waals surface area contributed by atoms with E-state index >= 15 is 0 Å². The summed E-state index contributed by atoms with van der Waals surface area (Å²) in [5, 5.41) is 9.18. The maximum Gasteiger partial charge on any atom is 0.271 e. The zero-order valence-electron chi connectivity index (χ0n) is 17.2. The SMILES string of the molecule is O=C(NCCc1ccccc1)c1[nH]ncc1NS(=O)(=O)c1ccc(-c2ccccc2)cc1. The Bertz CT molecular complexity index is 1290. The summed E-state index contributed by atoms with van der Waals surface area (Å²) < 4.78 is 28.1. The Morgan fingerprint density at radius 2 is 1.47 bits per heavy atom. The maximum absolute atomic E-state index is 12.8. The Morgan fingerprint density at radius 3 is 2.16 bits per heavy atom. The Morgan fingerprint density at radius 1 is 0.844 bits per heavy atom. The van der Waals surface area contributed by atoms with Crippen molar-refractivity contribution in [1.82, 2.24) is 15.5 Å². The molecule has 0 radical (unpaired) electrons. The Hall–Kier alpha value is -3.91. The van der Waals surface area contributed by atoms with Crippen molar-refractivity contribution in [1.29, 1.82) is 0 Å². The molecule has 32 heavy (non-hydrogen) atoms. The van der Waals surface area contributed by atoms with E-state index in [0.29, 0.717) is 13.0 Å². The highest BCUT2D eigenvalue weighted by molar-refractivity contribution is 7.92. The summed E-state index contributed by atoms with van der Waals surface area (Å²) in [7, 11) is -3.89. The first-order valence-electron chi connectivity index (χ1n) is 10.1. The van der Waals surface area contributed by atoms with Gasteiger partial charge < -0.3 is 5.32 Å². The lowest BCUT2D eigenvalue weighted by Crippen LogP contribution is -2.27. The second-order valence-corrected chi connectivity index (χ2v) is 8.83. The van der Waals surface area contributed by atoms with Gasteiger partial charge in [0.2, 0.25) is 0 Å². The smallest absolute Gasteiger partial charge is 0.271 e. The van der Waals surface area contributed by atoms with E-state index in [2.05, 4.69) is 20.2 Å². The van der Waals surface area contributed by atoms with Crippen molar-refractivity contribution in [3.8, 4) is 11.1 Å². The second kappa shape index (κ2) is 9.49. The maximum atomic E-state index is 12.8. The zero-order chi connectivity index (χ0) is 22.4. The van der Waals surface area contributed by atoms with E-state index < -0.39 is 15.9 Å². The van der Waals surface area contributed by atoms with Crippen LogP contribution in [0.1, 0.15) is 16.1 Å². The fraction of sp³-hybridized carbons (Fsp3) is 0.0833. The number of aromatic nitrogens is 2. The molecule has 4 aromatic rings. The minimum Gasteiger partial charge on any atom is -0.350 e. The molecule has 162 valence electrons. The van der Waals surface area contributed by atoms with Gasteiger partial charge in [-0.1, -0.05) is 72.8 Å². The monoisotopic (exact) mass is 446 g/mol. The van der Waals surface area contributed by atoms with E-state index in [1.807, 2.05) is 60.7 Å². The number of H-pyrrole nitrogens is 1. The molecular weight excluding hydrogens is 424 g/mol. The topological polar surface area (TPSA) is 104 Å². The van der Waals surface area contributed by atoms with Crippen LogP contribution in [0, 0.1) is 0 Å². The minimum absolute atomic E-state index is 0.0579. The zero-order valence-corrected chi connectivity index (χ0v) is 18.0. The third kappa shape index (κ3) is 5.04. The van der Waals surface area contributed by atoms with Gasteiger partial charge in [-0.05, 0) is 35.2 Å². The minimum atomic E-state index is -3.89. The van der Waals surface area contributed by atoms with Gasteiger partial charge in [0.05, 0.1) is 16.8 Å². The summed E-state index contributed by atoms with van der Waals surface area (Å²) in [6.45, 7) is 0.412. The number of hydrogen-bond donors (Lipinski definition) is 3. The number of carbonyl (C=O) groups excluding carboxylic acids is 1. The molecular formula is C24H22N4O3S. The average Bonchev–Trinajstić information content (AvgIpc) is 3.28. The lowest BCUT2D eigenvalue weighted by molar-refractivity contribution is 0.0950. The molecule has 0 aliphatic rings. The number of sulfonamides is 1. The predicted molar refractivity (Wildman–Crippen MR) is 124 cm³/mol. The third-order valence-corrected chi connectivity index (χ3v) is 6.31. The fourth-order valence-corrected chi connectivity index (χ4v) is 4.31. The van der Waals surface area contributed by atoms with Crippen molar-refractivity contribution in [3.63, 3.8) is 0 Å². The first kappa shape index (κ1) is 21.3. The Balaban J connectivity index is 1.43. The molecule has 8 heteroatoms. The van der Waals surface area contributed by atoms with Gasteiger partial charge in [-0.3, -0.25) is 14.6 Å². The van der Waals surface area contributed by atoms with Crippen LogP contribution in [-0.4, -0.2) is 31.1 Å². The predicted octanol–water partition coefficient (Wildman–Crippen LogP) is 3.85. The molecule has 0 atom stereocenters. The number of carbonyl (C=O) groups is 1. The largest absolute Gasteiger partial charge is 0.350 e. The normalized spacial score (nSPS) is 11.1. The van der Waals surface area contributed by atoms with Crippen LogP contribution < -0.4 is 10.0 Å². The molecule has 3 aromatic carbocycles. The molecule has 1 heterocycles. The summed E-state index contributed by atoms with van der Waals surface area (Å²) >= 11 is 0. The molecule has 3 N–H and O–H groups in total. The van der Waals surface area contributed by atoms with Gasteiger partial charge in [0, 0.05) is 6.54 Å². The van der Waals surface area contributed by atoms with Crippen LogP contribution >= 0.6 is 0 Å². The quantitative estimate of drug-likeness (QED) is 0.382. The van der Waals surface area contributed by atoms with E-state index in [1.165, 1.54) is 18.3 Å². The molecule has 0 saturated heterocycles. The van der Waals surface area contributed by atoms with Crippen molar-refractivity contribution in [2.45, 2.75) is 11.3 Å². The molecule has 0 fully saturated rings. The number of anilines is 1. The van der Waals surface area contributed by atoms with E-state index in [9.17, 15) is 13.2 Å². The van der Waals surface area contributed by atoms with E-state index in [-0.39, 0.29) is 16.3 Å². The first-order chi connectivity index (χ1) is 15.5. The molecule has 0 aliphatic heterocycles. The summed E-state index contributed by atoms with van der Waals surface area (Å²) in [5.74, 6) is -0.435. The Kier molecular flexibility index (Phi) is 6.32. The van der Waals surface area contributed by atoms with E-state index in [1.54, 1.807) is 12.1 Å². The van der Waals surface area contributed by atoms with Crippen LogP contribution in [0.2, 0.25) is 0 Å². The second-order valence-electron chi connectivity index (χ2n) is 7.15. The number of hydrogen-bond acceptors (Lipinski definition) is 4. The van der Waals surface area contributed by atoms with Crippen LogP contribution in [0.5, 0.6) is 0 Å². The van der Waals surface area contributed by atoms with E-state index in [0.717, 1.165) is 16.7 Å². The molecule has 0 saturated carbocycles. The molecule has 1 amide bonds. The molecule has 0 aliphatic carbocycles. The van der Waals surface area contributed by atoms with Gasteiger partial charge >= 0.3 is 0 Å². The number of rotatable bonds is 8. The summed E-state index contributed by atoms with van der Waals surface area (Å²) in [5.41, 5.74) is 3.15. The van der Waals surface area contributed by atoms with Crippen molar-refractivity contribution in [3.05, 3.63) is 102 Å². The van der Waals surface area contributed by atoms with Crippen molar-refractivity contribution < 1.29 is 13.2 Å². The van der Waals surface area contributed by atoms with Crippen LogP contribution in [-0.2, 0) is 16.4 Å². The van der Waals surface area contributed by atoms with Crippen LogP contribution in [0.4, 0.5) is 5.69 Å². The standard InChI is InChI=1S/C24H22N4O3S/c29-24(25-16-15-18-7-3-1-4-8-18)23-22(17-26-27-23)28-32(30,31)21-13-11-20(12-14-21)19-9-5-2-6-10-19/h1-14,17,28H,15-16H2,(H,25,29)(H,26,27). The number of benzene rings is 3. The van der Waals surface area contributed by atoms with Crippen LogP contribution in [0.25, 0.3) is 11.1 Å². The number of amides is 1. The van der Waals surface area contributed by atoms with Gasteiger partial charge in [0.1, 0.15) is 5.69 Å². The third-order valence-electron chi connectivity index (χ3n) is 4.92. The van der Waals surface area contributed by atoms with Gasteiger partial charge in [-0.2, -0.15) is 5.10 Å². The molecule has 0 spiro atoms. The molecule has 7 nitrogen and oxygen atoms in total. The number of nitrogens with one attached hydrogen (secondary N) is 3. The van der Waals surface area contributed by atoms with Crippen molar-refractivity contribution in [2.24, 2.45) is 0 Å². The summed E-state index contributed by atoms with van der Waals surface area (Å²) in [4.78, 5) is 12.6. The first-order valence-corrected chi connectivity index (χ1v) is 11.5. The van der Waals surface area contributed by atoms with Crippen LogP contribution in [0.3, 0.4) is 0 Å². The van der Waals surface area contributed by atoms with Gasteiger partial charge in [-0.15, -0.1) is 0 Å². The average molecular weight is 447 g/mol. The van der Waals surface area contributed by atoms with Gasteiger partial charge in [-0.25, -0.2) is 8.42 Å². The van der Waals surface area contributed by atoms with Crippen molar-refractivity contribution >= 4 is 21.6 Å². The van der Waals surface area contributed by atoms with Gasteiger partial charge in [0.25, 0.3) is 15.9 Å². The molecule has 4 rings (SSSR count). The lowest BCUT2D eigenvalue weighted by atomic mass is 10.1. The highest BCUT2D eigenvalue weighted by atomic mass is 32.2. The lowest BCUT2D eigenvalue weighted by Gasteiger charge is -2.10. The fourth-order valence-electron chi connectivity index (χ4n) is 3.25. The summed E-state index contributed by atoms with van der Waals surface area (Å²) in [6, 6.07) is 26.0. The van der Waals surface area contributed by atoms with Gasteiger partial charge in [0.15, 0.2) is 0 Å². The Labute approximate surface area is 186 Å². The molecule has 0 unspecified atom stereocenters. The number of aromatic amines is 1. The molecule has 0 bridgehead atoms.